The van der Waals surface area contributed by atoms with Crippen LogP contribution < -0.4 is 10.2 Å². The zero-order valence-electron chi connectivity index (χ0n) is 11.2. The van der Waals surface area contributed by atoms with Crippen LogP contribution in [0.5, 0.6) is 0 Å². The molecule has 0 aromatic heterocycles. The summed E-state index contributed by atoms with van der Waals surface area (Å²) in [6, 6.07) is 8.73. The van der Waals surface area contributed by atoms with Gasteiger partial charge in [-0.25, -0.2) is 0 Å². The molecule has 0 amide bonds. The van der Waals surface area contributed by atoms with Gasteiger partial charge in [-0.15, -0.1) is 0 Å². The Morgan fingerprint density at radius 1 is 1.24 bits per heavy atom. The van der Waals surface area contributed by atoms with Crippen molar-refractivity contribution in [1.82, 2.24) is 5.32 Å². The average Bonchev–Trinajstić information content (AvgIpc) is 2.36. The van der Waals surface area contributed by atoms with Gasteiger partial charge in [-0.3, -0.25) is 0 Å². The van der Waals surface area contributed by atoms with Gasteiger partial charge in [0.25, 0.3) is 0 Å². The molecule has 1 aromatic rings. The van der Waals surface area contributed by atoms with Crippen molar-refractivity contribution in [3.8, 4) is 0 Å². The maximum Gasteiger partial charge on any atom is 0.0587 e. The highest BCUT2D eigenvalue weighted by Crippen LogP contribution is 2.13. The molecule has 3 nitrogen and oxygen atoms in total. The maximum atomic E-state index is 4.99. The number of anilines is 1. The van der Waals surface area contributed by atoms with E-state index in [9.17, 15) is 0 Å². The summed E-state index contributed by atoms with van der Waals surface area (Å²) in [5.74, 6) is 0. The molecular formula is C14H24N2O. The Hall–Kier alpha value is -1.06. The van der Waals surface area contributed by atoms with Gasteiger partial charge in [0.05, 0.1) is 6.61 Å². The van der Waals surface area contributed by atoms with Crippen molar-refractivity contribution in [2.24, 2.45) is 0 Å². The molecule has 0 aliphatic carbocycles. The highest BCUT2D eigenvalue weighted by Gasteiger charge is 1.99. The number of benzene rings is 1. The molecule has 0 fully saturated rings. The first-order valence-corrected chi connectivity index (χ1v) is 6.27. The van der Waals surface area contributed by atoms with E-state index >= 15 is 0 Å². The first-order chi connectivity index (χ1) is 8.27. The molecule has 0 atom stereocenters. The van der Waals surface area contributed by atoms with E-state index < -0.39 is 0 Å². The second-order valence-corrected chi connectivity index (χ2v) is 4.26. The van der Waals surface area contributed by atoms with Crippen LogP contribution in [0.1, 0.15) is 18.9 Å². The number of nitrogens with one attached hydrogen (secondary N) is 1. The Balaban J connectivity index is 2.39. The summed E-state index contributed by atoms with van der Waals surface area (Å²) >= 11 is 0. The van der Waals surface area contributed by atoms with Gasteiger partial charge in [0, 0.05) is 39.5 Å². The van der Waals surface area contributed by atoms with Gasteiger partial charge in [0.2, 0.25) is 0 Å². The van der Waals surface area contributed by atoms with Gasteiger partial charge in [0.1, 0.15) is 0 Å². The molecule has 0 unspecified atom stereocenters. The standard InChI is InChI=1S/C14H24N2O/c1-4-10-16(2)14-7-5-13(6-8-14)12-15-9-11-17-3/h5-8,15H,4,9-12H2,1-3H3. The molecule has 0 spiro atoms. The molecule has 0 aliphatic heterocycles. The van der Waals surface area contributed by atoms with Crippen molar-refractivity contribution in [3.05, 3.63) is 29.8 Å². The van der Waals surface area contributed by atoms with E-state index in [1.165, 1.54) is 17.7 Å². The third-order valence-corrected chi connectivity index (χ3v) is 2.75. The number of hydrogen-bond donors (Lipinski definition) is 1. The molecule has 0 aliphatic rings. The molecule has 0 heterocycles. The van der Waals surface area contributed by atoms with Crippen LogP contribution in [-0.2, 0) is 11.3 Å². The van der Waals surface area contributed by atoms with Crippen LogP contribution in [0, 0.1) is 0 Å². The van der Waals surface area contributed by atoms with Crippen LogP contribution in [0.25, 0.3) is 0 Å². The predicted molar refractivity (Wildman–Crippen MR) is 73.6 cm³/mol. The molecule has 96 valence electrons. The summed E-state index contributed by atoms with van der Waals surface area (Å²) in [4.78, 5) is 2.28. The lowest BCUT2D eigenvalue weighted by Crippen LogP contribution is -2.19. The summed E-state index contributed by atoms with van der Waals surface area (Å²) in [7, 11) is 3.86. The fourth-order valence-corrected chi connectivity index (χ4v) is 1.74. The highest BCUT2D eigenvalue weighted by atomic mass is 16.5. The number of ether oxygens (including phenoxy) is 1. The highest BCUT2D eigenvalue weighted by molar-refractivity contribution is 5.46. The van der Waals surface area contributed by atoms with Crippen LogP contribution >= 0.6 is 0 Å². The van der Waals surface area contributed by atoms with Crippen molar-refractivity contribution in [3.63, 3.8) is 0 Å². The van der Waals surface area contributed by atoms with Gasteiger partial charge in [-0.2, -0.15) is 0 Å². The summed E-state index contributed by atoms with van der Waals surface area (Å²) in [5, 5.41) is 3.34. The van der Waals surface area contributed by atoms with Crippen LogP contribution in [0.3, 0.4) is 0 Å². The minimum absolute atomic E-state index is 0.761. The molecular weight excluding hydrogens is 212 g/mol. The summed E-state index contributed by atoms with van der Waals surface area (Å²) in [6.07, 6.45) is 1.18. The monoisotopic (exact) mass is 236 g/mol. The average molecular weight is 236 g/mol. The Kier molecular flexibility index (Phi) is 6.67. The van der Waals surface area contributed by atoms with Crippen LogP contribution in [-0.4, -0.2) is 33.9 Å². The second-order valence-electron chi connectivity index (χ2n) is 4.26. The Morgan fingerprint density at radius 3 is 2.53 bits per heavy atom. The summed E-state index contributed by atoms with van der Waals surface area (Å²) in [5.41, 5.74) is 2.60. The van der Waals surface area contributed by atoms with Crippen molar-refractivity contribution < 1.29 is 4.74 Å². The number of nitrogens with zero attached hydrogens (tertiary/aromatic N) is 1. The zero-order chi connectivity index (χ0) is 12.5. The molecule has 1 rings (SSSR count). The van der Waals surface area contributed by atoms with E-state index in [1.807, 2.05) is 0 Å². The SMILES string of the molecule is CCCN(C)c1ccc(CNCCOC)cc1. The zero-order valence-corrected chi connectivity index (χ0v) is 11.2. The van der Waals surface area contributed by atoms with Crippen molar-refractivity contribution in [2.45, 2.75) is 19.9 Å². The first kappa shape index (κ1) is 14.0. The van der Waals surface area contributed by atoms with Crippen LogP contribution in [0.4, 0.5) is 5.69 Å². The first-order valence-electron chi connectivity index (χ1n) is 6.27. The number of rotatable bonds is 8. The molecule has 0 saturated heterocycles. The Bertz CT molecular complexity index is 298. The van der Waals surface area contributed by atoms with E-state index in [0.717, 1.165) is 26.2 Å². The topological polar surface area (TPSA) is 24.5 Å². The third-order valence-electron chi connectivity index (χ3n) is 2.75. The molecule has 17 heavy (non-hydrogen) atoms. The molecule has 1 N–H and O–H groups in total. The molecule has 1 aromatic carbocycles. The predicted octanol–water partition coefficient (Wildman–Crippen LogP) is 2.27. The summed E-state index contributed by atoms with van der Waals surface area (Å²) in [6.45, 7) is 5.86. The number of hydrogen-bond acceptors (Lipinski definition) is 3. The van der Waals surface area contributed by atoms with Gasteiger partial charge in [-0.05, 0) is 24.1 Å². The number of methoxy groups -OCH3 is 1. The van der Waals surface area contributed by atoms with Crippen molar-refractivity contribution in [2.75, 3.05) is 38.8 Å². The van der Waals surface area contributed by atoms with E-state index in [2.05, 4.69) is 48.5 Å². The van der Waals surface area contributed by atoms with E-state index in [1.54, 1.807) is 7.11 Å². The van der Waals surface area contributed by atoms with E-state index in [-0.39, 0.29) is 0 Å². The lowest BCUT2D eigenvalue weighted by Gasteiger charge is -2.18. The van der Waals surface area contributed by atoms with Gasteiger partial charge in [-0.1, -0.05) is 19.1 Å². The van der Waals surface area contributed by atoms with Gasteiger partial charge < -0.3 is 15.0 Å². The minimum atomic E-state index is 0.761. The summed E-state index contributed by atoms with van der Waals surface area (Å²) < 4.78 is 4.99. The minimum Gasteiger partial charge on any atom is -0.383 e. The van der Waals surface area contributed by atoms with Gasteiger partial charge >= 0.3 is 0 Å². The smallest absolute Gasteiger partial charge is 0.0587 e. The van der Waals surface area contributed by atoms with E-state index in [0.29, 0.717) is 0 Å². The lowest BCUT2D eigenvalue weighted by molar-refractivity contribution is 0.199. The maximum absolute atomic E-state index is 4.99. The third kappa shape index (κ3) is 5.20. The fourth-order valence-electron chi connectivity index (χ4n) is 1.74. The van der Waals surface area contributed by atoms with Crippen LogP contribution in [0.2, 0.25) is 0 Å². The van der Waals surface area contributed by atoms with Crippen LogP contribution in [0.15, 0.2) is 24.3 Å². The molecule has 0 radical (unpaired) electrons. The lowest BCUT2D eigenvalue weighted by atomic mass is 10.2. The second kappa shape index (κ2) is 8.09. The molecule has 0 bridgehead atoms. The van der Waals surface area contributed by atoms with Gasteiger partial charge in [0.15, 0.2) is 0 Å². The quantitative estimate of drug-likeness (QED) is 0.701. The Labute approximate surface area is 105 Å². The van der Waals surface area contributed by atoms with Crippen molar-refractivity contribution >= 4 is 5.69 Å². The fraction of sp³-hybridized carbons (Fsp3) is 0.571. The normalized spacial score (nSPS) is 10.5. The molecule has 3 heteroatoms. The van der Waals surface area contributed by atoms with E-state index in [4.69, 9.17) is 4.74 Å². The molecule has 0 saturated carbocycles. The largest absolute Gasteiger partial charge is 0.383 e. The Morgan fingerprint density at radius 2 is 1.94 bits per heavy atom. The van der Waals surface area contributed by atoms with Crippen molar-refractivity contribution in [1.29, 1.82) is 0 Å².